The Kier molecular flexibility index (Phi) is 6.44. The third-order valence-corrected chi connectivity index (χ3v) is 6.40. The van der Waals surface area contributed by atoms with Crippen LogP contribution in [0.5, 0.6) is 5.88 Å². The molecule has 9 heteroatoms. The first-order valence-electron chi connectivity index (χ1n) is 11.8. The van der Waals surface area contributed by atoms with E-state index in [9.17, 15) is 14.9 Å². The summed E-state index contributed by atoms with van der Waals surface area (Å²) < 4.78 is 5.39. The fourth-order valence-electron chi connectivity index (χ4n) is 4.57. The molecule has 2 heterocycles. The molecule has 1 fully saturated rings. The summed E-state index contributed by atoms with van der Waals surface area (Å²) in [6.45, 7) is 1.82. The van der Waals surface area contributed by atoms with Crippen molar-refractivity contribution < 1.29 is 14.5 Å². The monoisotopic (exact) mass is 483 g/mol. The van der Waals surface area contributed by atoms with E-state index in [4.69, 9.17) is 4.74 Å². The van der Waals surface area contributed by atoms with Crippen LogP contribution in [0, 0.1) is 10.1 Å². The minimum absolute atomic E-state index is 0.0625. The third kappa shape index (κ3) is 4.55. The van der Waals surface area contributed by atoms with Gasteiger partial charge >= 0.3 is 0 Å². The molecule has 0 aliphatic carbocycles. The van der Waals surface area contributed by atoms with Crippen LogP contribution in [0.4, 0.5) is 17.1 Å². The molecule has 0 atom stereocenters. The number of rotatable bonds is 6. The fraction of sp³-hybridized carbons (Fsp3) is 0.222. The fourth-order valence-corrected chi connectivity index (χ4v) is 4.57. The number of carbonyl (C=O) groups excluding carboxylic acids is 1. The number of hydrogen-bond donors (Lipinski definition) is 1. The zero-order valence-corrected chi connectivity index (χ0v) is 19.8. The first-order chi connectivity index (χ1) is 17.5. The van der Waals surface area contributed by atoms with E-state index in [1.807, 2.05) is 42.5 Å². The molecule has 0 saturated carbocycles. The van der Waals surface area contributed by atoms with Crippen LogP contribution in [0.15, 0.2) is 66.7 Å². The Hall–Kier alpha value is -4.53. The lowest BCUT2D eigenvalue weighted by Gasteiger charge is -2.31. The van der Waals surface area contributed by atoms with Gasteiger partial charge in [0.2, 0.25) is 5.88 Å². The van der Waals surface area contributed by atoms with Crippen molar-refractivity contribution in [3.63, 3.8) is 0 Å². The summed E-state index contributed by atoms with van der Waals surface area (Å²) in [7, 11) is 1.56. The van der Waals surface area contributed by atoms with Gasteiger partial charge in [0.1, 0.15) is 5.69 Å². The molecule has 1 N–H and O–H groups in total. The lowest BCUT2D eigenvalue weighted by Crippen LogP contribution is -2.30. The van der Waals surface area contributed by atoms with Gasteiger partial charge in [-0.2, -0.15) is 0 Å². The highest BCUT2D eigenvalue weighted by atomic mass is 16.6. The van der Waals surface area contributed by atoms with Gasteiger partial charge in [-0.15, -0.1) is 10.2 Å². The summed E-state index contributed by atoms with van der Waals surface area (Å²) in [4.78, 5) is 25.9. The van der Waals surface area contributed by atoms with E-state index in [0.29, 0.717) is 22.8 Å². The number of carbonyl (C=O) groups is 1. The average Bonchev–Trinajstić information content (AvgIpc) is 2.93. The Labute approximate surface area is 207 Å². The second-order valence-electron chi connectivity index (χ2n) is 8.64. The van der Waals surface area contributed by atoms with Crippen LogP contribution in [0.2, 0.25) is 0 Å². The van der Waals surface area contributed by atoms with Crippen LogP contribution in [-0.2, 0) is 0 Å². The smallest absolute Gasteiger partial charge is 0.269 e. The standard InChI is InChI=1S/C27H25N5O4/c1-36-27-22-8-4-3-7-21(22)25(29-30-27)19-11-14-24(31-15-5-2-6-16-31)23(17-19)28-26(33)18-9-12-20(13-10-18)32(34)35/h3-4,7-14,17H,2,5-6,15-16H2,1H3,(H,28,33). The Bertz CT molecular complexity index is 1430. The van der Waals surface area contributed by atoms with Gasteiger partial charge in [-0.1, -0.05) is 24.3 Å². The highest BCUT2D eigenvalue weighted by Gasteiger charge is 2.19. The molecule has 9 nitrogen and oxygen atoms in total. The zero-order valence-electron chi connectivity index (χ0n) is 19.8. The highest BCUT2D eigenvalue weighted by molar-refractivity contribution is 6.07. The topological polar surface area (TPSA) is 110 Å². The highest BCUT2D eigenvalue weighted by Crippen LogP contribution is 2.36. The van der Waals surface area contributed by atoms with Crippen molar-refractivity contribution in [1.82, 2.24) is 10.2 Å². The summed E-state index contributed by atoms with van der Waals surface area (Å²) in [6.07, 6.45) is 3.37. The van der Waals surface area contributed by atoms with Crippen molar-refractivity contribution in [3.05, 3.63) is 82.4 Å². The van der Waals surface area contributed by atoms with Crippen molar-refractivity contribution >= 4 is 33.7 Å². The molecule has 1 aliphatic rings. The molecule has 1 aromatic heterocycles. The van der Waals surface area contributed by atoms with Gasteiger partial charge in [0, 0.05) is 47.1 Å². The predicted octanol–water partition coefficient (Wildman–Crippen LogP) is 5.46. The SMILES string of the molecule is COc1nnc(-c2ccc(N3CCCCC3)c(NC(=O)c3ccc([N+](=O)[O-])cc3)c2)c2ccccc12. The lowest BCUT2D eigenvalue weighted by atomic mass is 10.0. The van der Waals surface area contributed by atoms with Crippen LogP contribution in [0.25, 0.3) is 22.0 Å². The Balaban J connectivity index is 1.56. The maximum Gasteiger partial charge on any atom is 0.269 e. The number of piperidine rings is 1. The number of fused-ring (bicyclic) bond motifs is 1. The number of nitro benzene ring substituents is 1. The molecule has 1 aliphatic heterocycles. The summed E-state index contributed by atoms with van der Waals surface area (Å²) in [5.41, 5.74) is 3.35. The van der Waals surface area contributed by atoms with E-state index >= 15 is 0 Å². The van der Waals surface area contributed by atoms with Gasteiger partial charge in [0.05, 0.1) is 23.4 Å². The van der Waals surface area contributed by atoms with Crippen LogP contribution < -0.4 is 15.0 Å². The van der Waals surface area contributed by atoms with Crippen molar-refractivity contribution in [1.29, 1.82) is 0 Å². The van der Waals surface area contributed by atoms with Crippen molar-refractivity contribution in [2.24, 2.45) is 0 Å². The maximum absolute atomic E-state index is 13.1. The number of nitrogens with one attached hydrogen (secondary N) is 1. The van der Waals surface area contributed by atoms with Crippen molar-refractivity contribution in [2.75, 3.05) is 30.4 Å². The number of non-ortho nitro benzene ring substituents is 1. The lowest BCUT2D eigenvalue weighted by molar-refractivity contribution is -0.384. The number of benzene rings is 3. The van der Waals surface area contributed by atoms with E-state index in [1.54, 1.807) is 7.11 Å². The van der Waals surface area contributed by atoms with Crippen LogP contribution >= 0.6 is 0 Å². The first kappa shape index (κ1) is 23.2. The molecule has 1 amide bonds. The molecule has 4 aromatic rings. The second kappa shape index (κ2) is 9.99. The molecule has 36 heavy (non-hydrogen) atoms. The number of nitrogens with zero attached hydrogens (tertiary/aromatic N) is 4. The molecule has 5 rings (SSSR count). The quantitative estimate of drug-likeness (QED) is 0.286. The Morgan fingerprint density at radius 2 is 1.69 bits per heavy atom. The van der Waals surface area contributed by atoms with E-state index in [0.717, 1.165) is 48.0 Å². The first-order valence-corrected chi connectivity index (χ1v) is 11.8. The number of nitro groups is 1. The molecule has 0 radical (unpaired) electrons. The van der Waals surface area contributed by atoms with Gasteiger partial charge in [-0.05, 0) is 49.6 Å². The van der Waals surface area contributed by atoms with Crippen LogP contribution in [0.1, 0.15) is 29.6 Å². The number of ether oxygens (including phenoxy) is 1. The minimum Gasteiger partial charge on any atom is -0.479 e. The molecule has 3 aromatic carbocycles. The van der Waals surface area contributed by atoms with E-state index in [-0.39, 0.29) is 11.6 Å². The molecule has 182 valence electrons. The summed E-state index contributed by atoms with van der Waals surface area (Å²) >= 11 is 0. The predicted molar refractivity (Wildman–Crippen MR) is 139 cm³/mol. The summed E-state index contributed by atoms with van der Waals surface area (Å²) in [6, 6.07) is 19.3. The van der Waals surface area contributed by atoms with Gasteiger partial charge in [-0.25, -0.2) is 0 Å². The number of aromatic nitrogens is 2. The zero-order chi connectivity index (χ0) is 25.1. The van der Waals surface area contributed by atoms with E-state index < -0.39 is 4.92 Å². The minimum atomic E-state index is -0.486. The number of amides is 1. The molecular formula is C27H25N5O4. The van der Waals surface area contributed by atoms with Crippen molar-refractivity contribution in [3.8, 4) is 17.1 Å². The number of methoxy groups -OCH3 is 1. The molecule has 0 bridgehead atoms. The van der Waals surface area contributed by atoms with Gasteiger partial charge in [0.15, 0.2) is 0 Å². The van der Waals surface area contributed by atoms with Crippen LogP contribution in [-0.4, -0.2) is 41.2 Å². The Morgan fingerprint density at radius 1 is 0.972 bits per heavy atom. The van der Waals surface area contributed by atoms with E-state index in [2.05, 4.69) is 20.4 Å². The molecule has 0 unspecified atom stereocenters. The molecular weight excluding hydrogens is 458 g/mol. The summed E-state index contributed by atoms with van der Waals surface area (Å²) in [5, 5.41) is 24.4. The van der Waals surface area contributed by atoms with Gasteiger partial charge in [0.25, 0.3) is 11.6 Å². The second-order valence-corrected chi connectivity index (χ2v) is 8.64. The van der Waals surface area contributed by atoms with Gasteiger partial charge < -0.3 is 15.0 Å². The Morgan fingerprint density at radius 3 is 2.39 bits per heavy atom. The largest absolute Gasteiger partial charge is 0.479 e. The molecule has 0 spiro atoms. The summed E-state index contributed by atoms with van der Waals surface area (Å²) in [5.74, 6) is 0.108. The van der Waals surface area contributed by atoms with Gasteiger partial charge in [-0.3, -0.25) is 14.9 Å². The van der Waals surface area contributed by atoms with Crippen LogP contribution in [0.3, 0.4) is 0 Å². The average molecular weight is 484 g/mol. The normalized spacial score (nSPS) is 13.4. The number of hydrogen-bond acceptors (Lipinski definition) is 7. The molecule has 1 saturated heterocycles. The van der Waals surface area contributed by atoms with Crippen molar-refractivity contribution in [2.45, 2.75) is 19.3 Å². The maximum atomic E-state index is 13.1. The van der Waals surface area contributed by atoms with E-state index in [1.165, 1.54) is 30.7 Å². The third-order valence-electron chi connectivity index (χ3n) is 6.40. The number of anilines is 2.